The number of nitrogens with zero attached hydrogens (tertiary/aromatic N) is 1. The van der Waals surface area contributed by atoms with Crippen LogP contribution in [-0.2, 0) is 6.42 Å². The Balaban J connectivity index is 2.46. The Hall–Kier alpha value is -0.280. The SMILES string of the molecule is CCN(CC)CCC(N)Cc1ccc(Cl)cc1Cl. The predicted octanol–water partition coefficient (Wildman–Crippen LogP) is 3.60. The molecule has 1 rings (SSSR count). The Morgan fingerprint density at radius 3 is 2.44 bits per heavy atom. The highest BCUT2D eigenvalue weighted by Crippen LogP contribution is 2.22. The summed E-state index contributed by atoms with van der Waals surface area (Å²) in [6, 6.07) is 5.74. The lowest BCUT2D eigenvalue weighted by Crippen LogP contribution is -2.31. The van der Waals surface area contributed by atoms with Crippen LogP contribution in [0.5, 0.6) is 0 Å². The van der Waals surface area contributed by atoms with E-state index < -0.39 is 0 Å². The Labute approximate surface area is 120 Å². The Morgan fingerprint density at radius 1 is 1.22 bits per heavy atom. The number of hydrogen-bond acceptors (Lipinski definition) is 2. The van der Waals surface area contributed by atoms with E-state index in [-0.39, 0.29) is 6.04 Å². The van der Waals surface area contributed by atoms with E-state index in [0.29, 0.717) is 10.0 Å². The number of benzene rings is 1. The summed E-state index contributed by atoms with van der Waals surface area (Å²) in [4.78, 5) is 2.38. The molecule has 0 spiro atoms. The average Bonchev–Trinajstić information content (AvgIpc) is 2.34. The van der Waals surface area contributed by atoms with Gasteiger partial charge in [0.25, 0.3) is 0 Å². The molecule has 0 radical (unpaired) electrons. The highest BCUT2D eigenvalue weighted by molar-refractivity contribution is 6.35. The number of halogens is 2. The van der Waals surface area contributed by atoms with Crippen molar-refractivity contribution < 1.29 is 0 Å². The quantitative estimate of drug-likeness (QED) is 0.831. The maximum atomic E-state index is 6.15. The molecule has 1 atom stereocenters. The van der Waals surface area contributed by atoms with Crippen molar-refractivity contribution in [3.8, 4) is 0 Å². The lowest BCUT2D eigenvalue weighted by Gasteiger charge is -2.20. The summed E-state index contributed by atoms with van der Waals surface area (Å²) >= 11 is 12.0. The smallest absolute Gasteiger partial charge is 0.0453 e. The number of hydrogen-bond donors (Lipinski definition) is 1. The van der Waals surface area contributed by atoms with Gasteiger partial charge in [0.15, 0.2) is 0 Å². The standard InChI is InChI=1S/C14H22Cl2N2/c1-3-18(4-2)8-7-13(17)9-11-5-6-12(15)10-14(11)16/h5-6,10,13H,3-4,7-9,17H2,1-2H3. The average molecular weight is 289 g/mol. The fourth-order valence-electron chi connectivity index (χ4n) is 1.96. The van der Waals surface area contributed by atoms with E-state index in [1.807, 2.05) is 12.1 Å². The van der Waals surface area contributed by atoms with Crippen molar-refractivity contribution in [1.82, 2.24) is 4.90 Å². The molecule has 0 heterocycles. The summed E-state index contributed by atoms with van der Waals surface area (Å²) < 4.78 is 0. The molecule has 102 valence electrons. The molecule has 0 bridgehead atoms. The Kier molecular flexibility index (Phi) is 7.02. The minimum absolute atomic E-state index is 0.143. The third-order valence-electron chi connectivity index (χ3n) is 3.21. The fourth-order valence-corrected chi connectivity index (χ4v) is 2.45. The second-order valence-corrected chi connectivity index (χ2v) is 5.36. The van der Waals surface area contributed by atoms with Crippen molar-refractivity contribution in [3.05, 3.63) is 33.8 Å². The van der Waals surface area contributed by atoms with E-state index >= 15 is 0 Å². The summed E-state index contributed by atoms with van der Waals surface area (Å²) in [6.45, 7) is 7.53. The third kappa shape index (κ3) is 5.15. The van der Waals surface area contributed by atoms with Gasteiger partial charge in [0, 0.05) is 16.1 Å². The Bertz CT molecular complexity index is 365. The van der Waals surface area contributed by atoms with Gasteiger partial charge in [-0.1, -0.05) is 43.1 Å². The maximum absolute atomic E-state index is 6.15. The Morgan fingerprint density at radius 2 is 1.89 bits per heavy atom. The van der Waals surface area contributed by atoms with Crippen molar-refractivity contribution in [2.75, 3.05) is 19.6 Å². The fraction of sp³-hybridized carbons (Fsp3) is 0.571. The van der Waals surface area contributed by atoms with Gasteiger partial charge in [-0.05, 0) is 50.2 Å². The van der Waals surface area contributed by atoms with Crippen molar-refractivity contribution >= 4 is 23.2 Å². The maximum Gasteiger partial charge on any atom is 0.0453 e. The van der Waals surface area contributed by atoms with Crippen LogP contribution in [-0.4, -0.2) is 30.6 Å². The van der Waals surface area contributed by atoms with Crippen molar-refractivity contribution in [2.24, 2.45) is 5.73 Å². The first kappa shape index (κ1) is 15.8. The second kappa shape index (κ2) is 8.00. The summed E-state index contributed by atoms with van der Waals surface area (Å²) in [5, 5.41) is 1.38. The number of nitrogens with two attached hydrogens (primary N) is 1. The molecule has 0 amide bonds. The molecule has 1 unspecified atom stereocenters. The molecule has 1 aromatic carbocycles. The molecule has 0 aliphatic heterocycles. The third-order valence-corrected chi connectivity index (χ3v) is 3.79. The first-order valence-electron chi connectivity index (χ1n) is 6.48. The predicted molar refractivity (Wildman–Crippen MR) is 80.5 cm³/mol. The van der Waals surface area contributed by atoms with Gasteiger partial charge in [-0.25, -0.2) is 0 Å². The van der Waals surface area contributed by atoms with Crippen LogP contribution in [0.25, 0.3) is 0 Å². The van der Waals surface area contributed by atoms with Crippen molar-refractivity contribution in [1.29, 1.82) is 0 Å². The number of rotatable bonds is 7. The molecule has 4 heteroatoms. The molecular formula is C14H22Cl2N2. The zero-order valence-electron chi connectivity index (χ0n) is 11.1. The van der Waals surface area contributed by atoms with Gasteiger partial charge in [0.2, 0.25) is 0 Å². The molecule has 0 aliphatic carbocycles. The summed E-state index contributed by atoms with van der Waals surface area (Å²) in [6.07, 6.45) is 1.79. The lowest BCUT2D eigenvalue weighted by molar-refractivity contribution is 0.290. The zero-order chi connectivity index (χ0) is 13.5. The first-order valence-corrected chi connectivity index (χ1v) is 7.24. The van der Waals surface area contributed by atoms with E-state index in [9.17, 15) is 0 Å². The highest BCUT2D eigenvalue weighted by Gasteiger charge is 2.09. The van der Waals surface area contributed by atoms with Crippen LogP contribution in [0.4, 0.5) is 0 Å². The summed E-state index contributed by atoms with van der Waals surface area (Å²) in [5.41, 5.74) is 7.23. The van der Waals surface area contributed by atoms with Gasteiger partial charge in [-0.15, -0.1) is 0 Å². The topological polar surface area (TPSA) is 29.3 Å². The van der Waals surface area contributed by atoms with Gasteiger partial charge in [0.05, 0.1) is 0 Å². The minimum Gasteiger partial charge on any atom is -0.327 e. The van der Waals surface area contributed by atoms with E-state index in [2.05, 4.69) is 18.7 Å². The van der Waals surface area contributed by atoms with E-state index in [1.165, 1.54) is 0 Å². The summed E-state index contributed by atoms with van der Waals surface area (Å²) in [5.74, 6) is 0. The molecule has 1 aromatic rings. The first-order chi connectivity index (χ1) is 8.56. The van der Waals surface area contributed by atoms with Crippen molar-refractivity contribution in [2.45, 2.75) is 32.7 Å². The second-order valence-electron chi connectivity index (χ2n) is 4.52. The molecule has 0 aliphatic rings. The minimum atomic E-state index is 0.143. The molecule has 0 fully saturated rings. The van der Waals surface area contributed by atoms with E-state index in [0.717, 1.165) is 38.0 Å². The zero-order valence-corrected chi connectivity index (χ0v) is 12.6. The highest BCUT2D eigenvalue weighted by atomic mass is 35.5. The molecule has 0 saturated heterocycles. The van der Waals surface area contributed by atoms with Crippen LogP contribution >= 0.6 is 23.2 Å². The van der Waals surface area contributed by atoms with Crippen LogP contribution in [0, 0.1) is 0 Å². The van der Waals surface area contributed by atoms with Gasteiger partial charge in [0.1, 0.15) is 0 Å². The largest absolute Gasteiger partial charge is 0.327 e. The van der Waals surface area contributed by atoms with E-state index in [4.69, 9.17) is 28.9 Å². The lowest BCUT2D eigenvalue weighted by atomic mass is 10.0. The van der Waals surface area contributed by atoms with Crippen LogP contribution in [0.2, 0.25) is 10.0 Å². The van der Waals surface area contributed by atoms with Crippen LogP contribution in [0.3, 0.4) is 0 Å². The molecule has 0 saturated carbocycles. The van der Waals surface area contributed by atoms with Gasteiger partial charge < -0.3 is 10.6 Å². The van der Waals surface area contributed by atoms with Crippen molar-refractivity contribution in [3.63, 3.8) is 0 Å². The molecular weight excluding hydrogens is 267 g/mol. The molecule has 2 N–H and O–H groups in total. The molecule has 0 aromatic heterocycles. The van der Waals surface area contributed by atoms with E-state index in [1.54, 1.807) is 6.07 Å². The summed E-state index contributed by atoms with van der Waals surface area (Å²) in [7, 11) is 0. The molecule has 2 nitrogen and oxygen atoms in total. The van der Waals surface area contributed by atoms with Gasteiger partial charge in [-0.2, -0.15) is 0 Å². The van der Waals surface area contributed by atoms with Crippen LogP contribution < -0.4 is 5.73 Å². The molecule has 18 heavy (non-hydrogen) atoms. The van der Waals surface area contributed by atoms with Crippen LogP contribution in [0.15, 0.2) is 18.2 Å². The normalized spacial score (nSPS) is 13.0. The van der Waals surface area contributed by atoms with Gasteiger partial charge >= 0.3 is 0 Å². The van der Waals surface area contributed by atoms with Gasteiger partial charge in [-0.3, -0.25) is 0 Å². The monoisotopic (exact) mass is 288 g/mol. The van der Waals surface area contributed by atoms with Crippen LogP contribution in [0.1, 0.15) is 25.8 Å².